The van der Waals surface area contributed by atoms with Gasteiger partial charge in [0.1, 0.15) is 5.01 Å². The molecule has 0 amide bonds. The zero-order chi connectivity index (χ0) is 11.8. The van der Waals surface area contributed by atoms with Gasteiger partial charge in [-0.2, -0.15) is 0 Å². The van der Waals surface area contributed by atoms with Crippen molar-refractivity contribution in [2.75, 3.05) is 13.2 Å². The Kier molecular flexibility index (Phi) is 3.33. The van der Waals surface area contributed by atoms with E-state index >= 15 is 0 Å². The standard InChI is InChI=1S/C12H20N2OS/c1-4-10-8(2)16-11(14-10)12(3,13)9-5-6-15-7-9/h9H,4-7,13H2,1-3H3. The first kappa shape index (κ1) is 12.0. The number of hydrogen-bond acceptors (Lipinski definition) is 4. The first-order valence-corrected chi connectivity index (χ1v) is 6.70. The molecule has 2 unspecified atom stereocenters. The van der Waals surface area contributed by atoms with E-state index in [0.29, 0.717) is 5.92 Å². The molecule has 1 saturated heterocycles. The van der Waals surface area contributed by atoms with E-state index in [9.17, 15) is 0 Å². The van der Waals surface area contributed by atoms with Gasteiger partial charge in [-0.15, -0.1) is 11.3 Å². The molecule has 1 aromatic rings. The molecule has 0 bridgehead atoms. The summed E-state index contributed by atoms with van der Waals surface area (Å²) < 4.78 is 5.43. The Balaban J connectivity index is 2.26. The average molecular weight is 240 g/mol. The molecule has 0 saturated carbocycles. The molecule has 90 valence electrons. The number of rotatable bonds is 3. The lowest BCUT2D eigenvalue weighted by atomic mass is 9.86. The molecule has 2 N–H and O–H groups in total. The molecule has 4 heteroatoms. The molecule has 16 heavy (non-hydrogen) atoms. The summed E-state index contributed by atoms with van der Waals surface area (Å²) in [4.78, 5) is 5.98. The number of nitrogens with zero attached hydrogens (tertiary/aromatic N) is 1. The lowest BCUT2D eigenvalue weighted by Gasteiger charge is -2.28. The van der Waals surface area contributed by atoms with Crippen LogP contribution in [0, 0.1) is 12.8 Å². The van der Waals surface area contributed by atoms with E-state index in [1.807, 2.05) is 0 Å². The highest BCUT2D eigenvalue weighted by atomic mass is 32.1. The van der Waals surface area contributed by atoms with Gasteiger partial charge in [0.05, 0.1) is 17.8 Å². The Morgan fingerprint density at radius 3 is 2.88 bits per heavy atom. The van der Waals surface area contributed by atoms with Gasteiger partial charge in [0, 0.05) is 17.4 Å². The molecule has 2 rings (SSSR count). The maximum Gasteiger partial charge on any atom is 0.113 e. The average Bonchev–Trinajstić information content (AvgIpc) is 2.85. The van der Waals surface area contributed by atoms with Crippen LogP contribution in [0.5, 0.6) is 0 Å². The molecule has 3 nitrogen and oxygen atoms in total. The van der Waals surface area contributed by atoms with Gasteiger partial charge in [0.25, 0.3) is 0 Å². The van der Waals surface area contributed by atoms with Crippen LogP contribution in [0.3, 0.4) is 0 Å². The molecule has 1 fully saturated rings. The number of hydrogen-bond donors (Lipinski definition) is 1. The Morgan fingerprint density at radius 2 is 2.38 bits per heavy atom. The van der Waals surface area contributed by atoms with Gasteiger partial charge in [-0.25, -0.2) is 4.98 Å². The van der Waals surface area contributed by atoms with Crippen LogP contribution >= 0.6 is 11.3 Å². The van der Waals surface area contributed by atoms with Gasteiger partial charge in [-0.3, -0.25) is 0 Å². The number of thiazole rings is 1. The summed E-state index contributed by atoms with van der Waals surface area (Å²) >= 11 is 1.74. The zero-order valence-electron chi connectivity index (χ0n) is 10.2. The van der Waals surface area contributed by atoms with Crippen molar-refractivity contribution in [1.29, 1.82) is 0 Å². The van der Waals surface area contributed by atoms with Gasteiger partial charge in [-0.1, -0.05) is 6.92 Å². The van der Waals surface area contributed by atoms with E-state index < -0.39 is 0 Å². The van der Waals surface area contributed by atoms with E-state index in [1.54, 1.807) is 11.3 Å². The summed E-state index contributed by atoms with van der Waals surface area (Å²) in [5, 5.41) is 1.07. The highest BCUT2D eigenvalue weighted by molar-refractivity contribution is 7.11. The third kappa shape index (κ3) is 2.01. The molecule has 1 aliphatic rings. The molecular formula is C12H20N2OS. The lowest BCUT2D eigenvalue weighted by Crippen LogP contribution is -2.41. The van der Waals surface area contributed by atoms with Crippen molar-refractivity contribution in [3.05, 3.63) is 15.6 Å². The van der Waals surface area contributed by atoms with Crippen LogP contribution < -0.4 is 5.73 Å². The molecule has 1 aliphatic heterocycles. The van der Waals surface area contributed by atoms with Crippen molar-refractivity contribution in [3.63, 3.8) is 0 Å². The minimum Gasteiger partial charge on any atom is -0.381 e. The molecule has 1 aromatic heterocycles. The van der Waals surface area contributed by atoms with Crippen molar-refractivity contribution in [2.24, 2.45) is 11.7 Å². The smallest absolute Gasteiger partial charge is 0.113 e. The maximum atomic E-state index is 6.45. The Labute approximate surface area is 101 Å². The van der Waals surface area contributed by atoms with Gasteiger partial charge in [0.15, 0.2) is 0 Å². The maximum absolute atomic E-state index is 6.45. The number of nitrogens with two attached hydrogens (primary N) is 1. The number of aryl methyl sites for hydroxylation is 2. The lowest BCUT2D eigenvalue weighted by molar-refractivity contribution is 0.166. The third-order valence-electron chi connectivity index (χ3n) is 3.47. The normalized spacial score (nSPS) is 24.6. The van der Waals surface area contributed by atoms with Crippen molar-refractivity contribution >= 4 is 11.3 Å². The zero-order valence-corrected chi connectivity index (χ0v) is 11.1. The van der Waals surface area contributed by atoms with E-state index in [0.717, 1.165) is 31.1 Å². The van der Waals surface area contributed by atoms with Crippen molar-refractivity contribution in [3.8, 4) is 0 Å². The topological polar surface area (TPSA) is 48.1 Å². The first-order chi connectivity index (χ1) is 7.55. The van der Waals surface area contributed by atoms with Crippen molar-refractivity contribution in [2.45, 2.75) is 39.2 Å². The molecule has 2 heterocycles. The van der Waals surface area contributed by atoms with Crippen LogP contribution in [-0.2, 0) is 16.7 Å². The van der Waals surface area contributed by atoms with Crippen LogP contribution in [0.1, 0.15) is 35.8 Å². The fourth-order valence-corrected chi connectivity index (χ4v) is 3.31. The molecule has 0 radical (unpaired) electrons. The highest BCUT2D eigenvalue weighted by Gasteiger charge is 2.37. The van der Waals surface area contributed by atoms with Crippen molar-refractivity contribution in [1.82, 2.24) is 4.98 Å². The highest BCUT2D eigenvalue weighted by Crippen LogP contribution is 2.35. The van der Waals surface area contributed by atoms with Crippen LogP contribution in [0.25, 0.3) is 0 Å². The quantitative estimate of drug-likeness (QED) is 0.881. The second-order valence-corrected chi connectivity index (χ2v) is 5.92. The molecule has 0 aromatic carbocycles. The monoisotopic (exact) mass is 240 g/mol. The van der Waals surface area contributed by atoms with Crippen LogP contribution in [-0.4, -0.2) is 18.2 Å². The van der Waals surface area contributed by atoms with E-state index in [2.05, 4.69) is 25.8 Å². The summed E-state index contributed by atoms with van der Waals surface area (Å²) in [5.74, 6) is 0.405. The molecule has 0 aliphatic carbocycles. The van der Waals surface area contributed by atoms with Gasteiger partial charge in [-0.05, 0) is 26.7 Å². The SMILES string of the molecule is CCc1nc(C(C)(N)C2CCOC2)sc1C. The summed E-state index contributed by atoms with van der Waals surface area (Å²) in [5.41, 5.74) is 7.30. The van der Waals surface area contributed by atoms with Crippen LogP contribution in [0.4, 0.5) is 0 Å². The Hall–Kier alpha value is -0.450. The Bertz CT molecular complexity index is 367. The molecular weight excluding hydrogens is 220 g/mol. The fourth-order valence-electron chi connectivity index (χ4n) is 2.17. The second kappa shape index (κ2) is 4.43. The predicted octanol–water partition coefficient (Wildman–Crippen LogP) is 2.22. The second-order valence-electron chi connectivity index (χ2n) is 4.72. The van der Waals surface area contributed by atoms with E-state index in [-0.39, 0.29) is 5.54 Å². The third-order valence-corrected chi connectivity index (χ3v) is 4.73. The van der Waals surface area contributed by atoms with Gasteiger partial charge in [0.2, 0.25) is 0 Å². The molecule has 2 atom stereocenters. The van der Waals surface area contributed by atoms with E-state index in [4.69, 9.17) is 10.5 Å². The predicted molar refractivity (Wildman–Crippen MR) is 66.7 cm³/mol. The summed E-state index contributed by atoms with van der Waals surface area (Å²) in [7, 11) is 0. The summed E-state index contributed by atoms with van der Waals surface area (Å²) in [6, 6.07) is 0. The number of aromatic nitrogens is 1. The van der Waals surface area contributed by atoms with Crippen LogP contribution in [0.15, 0.2) is 0 Å². The van der Waals surface area contributed by atoms with Crippen LogP contribution in [0.2, 0.25) is 0 Å². The fraction of sp³-hybridized carbons (Fsp3) is 0.750. The van der Waals surface area contributed by atoms with Gasteiger partial charge < -0.3 is 10.5 Å². The minimum atomic E-state index is -0.334. The Morgan fingerprint density at radius 1 is 1.62 bits per heavy atom. The largest absolute Gasteiger partial charge is 0.381 e. The van der Waals surface area contributed by atoms with E-state index in [1.165, 1.54) is 10.6 Å². The first-order valence-electron chi connectivity index (χ1n) is 5.89. The summed E-state index contributed by atoms with van der Waals surface area (Å²) in [6.45, 7) is 7.96. The number of ether oxygens (including phenoxy) is 1. The minimum absolute atomic E-state index is 0.334. The molecule has 0 spiro atoms. The summed E-state index contributed by atoms with van der Waals surface area (Å²) in [6.07, 6.45) is 2.03. The van der Waals surface area contributed by atoms with Gasteiger partial charge >= 0.3 is 0 Å². The van der Waals surface area contributed by atoms with Crippen molar-refractivity contribution < 1.29 is 4.74 Å².